The Labute approximate surface area is 144 Å². The fraction of sp³-hybridized carbons (Fsp3) is 0.278. The zero-order valence-corrected chi connectivity index (χ0v) is 13.6. The van der Waals surface area contributed by atoms with Gasteiger partial charge in [0.1, 0.15) is 12.7 Å². The zero-order chi connectivity index (χ0) is 17.1. The lowest BCUT2D eigenvalue weighted by atomic mass is 10.2. The van der Waals surface area contributed by atoms with E-state index in [0.29, 0.717) is 36.8 Å². The minimum absolute atomic E-state index is 0.152. The number of ether oxygens (including phenoxy) is 2. The Bertz CT molecular complexity index is 921. The van der Waals surface area contributed by atoms with Gasteiger partial charge in [0.25, 0.3) is 5.56 Å². The number of hydrogen-bond acceptors (Lipinski definition) is 6. The van der Waals surface area contributed by atoms with Crippen LogP contribution in [0.3, 0.4) is 0 Å². The molecule has 0 aliphatic carbocycles. The van der Waals surface area contributed by atoms with E-state index in [1.807, 2.05) is 18.2 Å². The molecular formula is C18H18N4O3. The van der Waals surface area contributed by atoms with E-state index < -0.39 is 0 Å². The zero-order valence-electron chi connectivity index (χ0n) is 13.6. The van der Waals surface area contributed by atoms with E-state index in [2.05, 4.69) is 15.3 Å². The van der Waals surface area contributed by atoms with Crippen LogP contribution in [0.4, 0.5) is 0 Å². The van der Waals surface area contributed by atoms with Crippen molar-refractivity contribution in [1.82, 2.24) is 19.7 Å². The maximum atomic E-state index is 12.5. The second kappa shape index (κ2) is 7.00. The van der Waals surface area contributed by atoms with Gasteiger partial charge in [0, 0.05) is 43.3 Å². The fourth-order valence-electron chi connectivity index (χ4n) is 2.80. The summed E-state index contributed by atoms with van der Waals surface area (Å²) in [5.74, 6) is 0.550. The van der Waals surface area contributed by atoms with Crippen molar-refractivity contribution in [3.05, 3.63) is 70.5 Å². The van der Waals surface area contributed by atoms with Crippen LogP contribution in [0.2, 0.25) is 0 Å². The normalized spacial score (nSPS) is 17.5. The van der Waals surface area contributed by atoms with Crippen LogP contribution in [0.5, 0.6) is 5.75 Å². The number of aromatic nitrogens is 3. The van der Waals surface area contributed by atoms with Crippen LogP contribution >= 0.6 is 0 Å². The highest BCUT2D eigenvalue weighted by Crippen LogP contribution is 2.21. The highest BCUT2D eigenvalue weighted by molar-refractivity contribution is 5.53. The number of fused-ring (bicyclic) bond motifs is 1. The second-order valence-electron chi connectivity index (χ2n) is 5.80. The predicted octanol–water partition coefficient (Wildman–Crippen LogP) is 1.33. The number of nitrogens with one attached hydrogen (secondary N) is 1. The quantitative estimate of drug-likeness (QED) is 0.773. The van der Waals surface area contributed by atoms with Gasteiger partial charge < -0.3 is 14.8 Å². The van der Waals surface area contributed by atoms with Crippen molar-refractivity contribution in [2.24, 2.45) is 0 Å². The Kier molecular flexibility index (Phi) is 4.41. The van der Waals surface area contributed by atoms with E-state index in [9.17, 15) is 4.79 Å². The van der Waals surface area contributed by atoms with Gasteiger partial charge in [-0.1, -0.05) is 6.07 Å². The molecule has 1 aliphatic heterocycles. The summed E-state index contributed by atoms with van der Waals surface area (Å²) in [4.78, 5) is 21.2. The molecule has 3 aromatic heterocycles. The molecule has 1 saturated heterocycles. The predicted molar refractivity (Wildman–Crippen MR) is 91.6 cm³/mol. The molecule has 25 heavy (non-hydrogen) atoms. The molecule has 4 heterocycles. The molecule has 0 radical (unpaired) electrons. The van der Waals surface area contributed by atoms with Crippen LogP contribution in [-0.4, -0.2) is 34.1 Å². The first kappa shape index (κ1) is 15.7. The van der Waals surface area contributed by atoms with E-state index >= 15 is 0 Å². The van der Waals surface area contributed by atoms with Gasteiger partial charge >= 0.3 is 0 Å². The summed E-state index contributed by atoms with van der Waals surface area (Å²) in [5, 5.41) is 3.25. The Hall–Kier alpha value is -2.77. The third kappa shape index (κ3) is 3.38. The van der Waals surface area contributed by atoms with Gasteiger partial charge in [0.2, 0.25) is 0 Å². The van der Waals surface area contributed by atoms with Gasteiger partial charge in [0.05, 0.1) is 12.3 Å². The number of morpholine rings is 1. The summed E-state index contributed by atoms with van der Waals surface area (Å²) < 4.78 is 13.1. The van der Waals surface area contributed by atoms with Gasteiger partial charge in [-0.25, -0.2) is 4.98 Å². The molecule has 128 valence electrons. The van der Waals surface area contributed by atoms with Gasteiger partial charge in [-0.3, -0.25) is 14.2 Å². The minimum atomic E-state index is -0.224. The van der Waals surface area contributed by atoms with Gasteiger partial charge in [-0.05, 0) is 18.2 Å². The molecular weight excluding hydrogens is 320 g/mol. The van der Waals surface area contributed by atoms with Crippen molar-refractivity contribution >= 4 is 5.65 Å². The van der Waals surface area contributed by atoms with Gasteiger partial charge in [-0.2, -0.15) is 0 Å². The summed E-state index contributed by atoms with van der Waals surface area (Å²) in [6.07, 6.45) is 4.92. The highest BCUT2D eigenvalue weighted by atomic mass is 16.5. The van der Waals surface area contributed by atoms with Gasteiger partial charge in [-0.15, -0.1) is 0 Å². The number of pyridine rings is 2. The topological polar surface area (TPSA) is 77.8 Å². The van der Waals surface area contributed by atoms with Gasteiger partial charge in [0.15, 0.2) is 11.4 Å². The first-order chi connectivity index (χ1) is 12.3. The molecule has 0 amide bonds. The molecule has 0 bridgehead atoms. The van der Waals surface area contributed by atoms with Crippen LogP contribution in [0.25, 0.3) is 5.65 Å². The Morgan fingerprint density at radius 3 is 3.12 bits per heavy atom. The highest BCUT2D eigenvalue weighted by Gasteiger charge is 2.19. The van der Waals surface area contributed by atoms with E-state index in [0.717, 1.165) is 12.1 Å². The molecule has 1 aliphatic rings. The van der Waals surface area contributed by atoms with E-state index in [-0.39, 0.29) is 11.7 Å². The molecule has 1 unspecified atom stereocenters. The number of hydrogen-bond donors (Lipinski definition) is 1. The minimum Gasteiger partial charge on any atom is -0.485 e. The van der Waals surface area contributed by atoms with Crippen LogP contribution in [-0.2, 0) is 11.3 Å². The van der Waals surface area contributed by atoms with Crippen LogP contribution in [0, 0.1) is 0 Å². The SMILES string of the molecule is O=c1cc(C2CNCCO2)nc2c(OCc3cccnc3)cccn12. The lowest BCUT2D eigenvalue weighted by molar-refractivity contribution is 0.0250. The summed E-state index contributed by atoms with van der Waals surface area (Å²) in [6.45, 7) is 2.41. The molecule has 3 aromatic rings. The molecule has 1 atom stereocenters. The smallest absolute Gasteiger partial charge is 0.258 e. The standard InChI is InChI=1S/C18H18N4O3/c23-17-9-14(16-11-20-6-8-24-16)21-18-15(4-2-7-22(17)18)25-12-13-3-1-5-19-10-13/h1-5,7,9-10,16,20H,6,8,11-12H2. The lowest BCUT2D eigenvalue weighted by Crippen LogP contribution is -2.34. The molecule has 1 fully saturated rings. The second-order valence-corrected chi connectivity index (χ2v) is 5.80. The average molecular weight is 338 g/mol. The fourth-order valence-corrected chi connectivity index (χ4v) is 2.80. The summed E-state index contributed by atoms with van der Waals surface area (Å²) in [5.41, 5.74) is 1.90. The monoisotopic (exact) mass is 338 g/mol. The maximum absolute atomic E-state index is 12.5. The van der Waals surface area contributed by atoms with Crippen molar-refractivity contribution in [1.29, 1.82) is 0 Å². The first-order valence-corrected chi connectivity index (χ1v) is 8.17. The number of nitrogens with zero attached hydrogens (tertiary/aromatic N) is 3. The van der Waals surface area contributed by atoms with E-state index in [4.69, 9.17) is 9.47 Å². The summed E-state index contributed by atoms with van der Waals surface area (Å²) >= 11 is 0. The maximum Gasteiger partial charge on any atom is 0.258 e. The van der Waals surface area contributed by atoms with Crippen LogP contribution in [0.1, 0.15) is 17.4 Å². The summed E-state index contributed by atoms with van der Waals surface area (Å²) in [6, 6.07) is 8.89. The van der Waals surface area contributed by atoms with E-state index in [1.54, 1.807) is 24.7 Å². The Balaban J connectivity index is 1.68. The third-order valence-electron chi connectivity index (χ3n) is 4.05. The first-order valence-electron chi connectivity index (χ1n) is 8.17. The molecule has 7 nitrogen and oxygen atoms in total. The van der Waals surface area contributed by atoms with E-state index in [1.165, 1.54) is 10.5 Å². The molecule has 7 heteroatoms. The Morgan fingerprint density at radius 2 is 2.32 bits per heavy atom. The largest absolute Gasteiger partial charge is 0.485 e. The summed E-state index contributed by atoms with van der Waals surface area (Å²) in [7, 11) is 0. The van der Waals surface area contributed by atoms with Crippen molar-refractivity contribution in [2.75, 3.05) is 19.7 Å². The van der Waals surface area contributed by atoms with Crippen molar-refractivity contribution in [3.63, 3.8) is 0 Å². The number of rotatable bonds is 4. The molecule has 0 saturated carbocycles. The van der Waals surface area contributed by atoms with Crippen LogP contribution < -0.4 is 15.6 Å². The van der Waals surface area contributed by atoms with Crippen molar-refractivity contribution < 1.29 is 9.47 Å². The average Bonchev–Trinajstić information content (AvgIpc) is 2.68. The third-order valence-corrected chi connectivity index (χ3v) is 4.05. The van der Waals surface area contributed by atoms with Crippen LogP contribution in [0.15, 0.2) is 53.7 Å². The molecule has 1 N–H and O–H groups in total. The Morgan fingerprint density at radius 1 is 1.36 bits per heavy atom. The molecule has 4 rings (SSSR count). The van der Waals surface area contributed by atoms with Crippen molar-refractivity contribution in [2.45, 2.75) is 12.7 Å². The van der Waals surface area contributed by atoms with Crippen molar-refractivity contribution in [3.8, 4) is 5.75 Å². The molecule has 0 spiro atoms. The lowest BCUT2D eigenvalue weighted by Gasteiger charge is -2.23. The molecule has 0 aromatic carbocycles.